The third kappa shape index (κ3) is 4.64. The molecule has 7 heteroatoms. The van der Waals surface area contributed by atoms with Gasteiger partial charge < -0.3 is 24.1 Å². The highest BCUT2D eigenvalue weighted by Crippen LogP contribution is 2.24. The molecule has 0 aliphatic carbocycles. The van der Waals surface area contributed by atoms with Gasteiger partial charge in [-0.3, -0.25) is 4.79 Å². The van der Waals surface area contributed by atoms with Crippen LogP contribution in [0.25, 0.3) is 5.69 Å². The van der Waals surface area contributed by atoms with Crippen LogP contribution in [0.4, 0.5) is 5.69 Å². The second-order valence-corrected chi connectivity index (χ2v) is 6.77. The molecule has 0 spiro atoms. The second-order valence-electron chi connectivity index (χ2n) is 6.77. The molecular formula is C22H23N3O4. The van der Waals surface area contributed by atoms with Crippen LogP contribution in [0.1, 0.15) is 21.5 Å². The normalized spacial score (nSPS) is 13.0. The van der Waals surface area contributed by atoms with Crippen molar-refractivity contribution < 1.29 is 19.0 Å². The van der Waals surface area contributed by atoms with Gasteiger partial charge in [-0.2, -0.15) is 0 Å². The number of anilines is 1. The fraction of sp³-hybridized carbons (Fsp3) is 0.273. The molecule has 0 atom stereocenters. The van der Waals surface area contributed by atoms with Gasteiger partial charge >= 0.3 is 0 Å². The molecule has 1 aromatic heterocycles. The molecule has 2 heterocycles. The van der Waals surface area contributed by atoms with Gasteiger partial charge in [0.05, 0.1) is 31.8 Å². The zero-order valence-corrected chi connectivity index (χ0v) is 16.3. The molecule has 29 heavy (non-hydrogen) atoms. The molecule has 1 amide bonds. The average Bonchev–Trinajstić information content (AvgIpc) is 3.29. The van der Waals surface area contributed by atoms with Crippen LogP contribution >= 0.6 is 0 Å². The summed E-state index contributed by atoms with van der Waals surface area (Å²) < 4.78 is 18.1. The summed E-state index contributed by atoms with van der Waals surface area (Å²) in [4.78, 5) is 17.0. The van der Waals surface area contributed by atoms with E-state index < -0.39 is 0 Å². The number of carbonyl (C=O) groups is 1. The number of fused-ring (bicyclic) bond motifs is 1. The topological polar surface area (TPSA) is 74.6 Å². The number of amides is 1. The summed E-state index contributed by atoms with van der Waals surface area (Å²) in [7, 11) is 1.62. The van der Waals surface area contributed by atoms with Crippen LogP contribution in [-0.2, 0) is 22.5 Å². The van der Waals surface area contributed by atoms with Gasteiger partial charge in [0.2, 0.25) is 0 Å². The zero-order chi connectivity index (χ0) is 20.1. The first-order valence-corrected chi connectivity index (χ1v) is 9.49. The van der Waals surface area contributed by atoms with Crippen molar-refractivity contribution in [2.75, 3.05) is 32.2 Å². The monoisotopic (exact) mass is 393 g/mol. The van der Waals surface area contributed by atoms with Crippen LogP contribution in [0, 0.1) is 0 Å². The van der Waals surface area contributed by atoms with E-state index in [1.807, 2.05) is 35.0 Å². The van der Waals surface area contributed by atoms with Crippen LogP contribution in [0.5, 0.6) is 5.75 Å². The number of methoxy groups -OCH3 is 1. The number of hydrogen-bond donors (Lipinski definition) is 1. The third-order valence-electron chi connectivity index (χ3n) is 4.75. The number of benzene rings is 2. The summed E-state index contributed by atoms with van der Waals surface area (Å²) in [6.07, 6.45) is 6.09. The maximum Gasteiger partial charge on any atom is 0.255 e. The van der Waals surface area contributed by atoms with Crippen LogP contribution < -0.4 is 10.1 Å². The van der Waals surface area contributed by atoms with Crippen molar-refractivity contribution in [3.8, 4) is 11.4 Å². The van der Waals surface area contributed by atoms with E-state index >= 15 is 0 Å². The Morgan fingerprint density at radius 3 is 2.97 bits per heavy atom. The zero-order valence-electron chi connectivity index (χ0n) is 16.3. The van der Waals surface area contributed by atoms with Crippen molar-refractivity contribution in [2.45, 2.75) is 13.0 Å². The third-order valence-corrected chi connectivity index (χ3v) is 4.75. The molecule has 1 N–H and O–H groups in total. The molecule has 3 aromatic rings. The molecule has 7 nitrogen and oxygen atoms in total. The second kappa shape index (κ2) is 8.89. The highest BCUT2D eigenvalue weighted by Gasteiger charge is 2.14. The van der Waals surface area contributed by atoms with Crippen molar-refractivity contribution in [3.63, 3.8) is 0 Å². The Balaban J connectivity index is 1.58. The number of rotatable bonds is 7. The summed E-state index contributed by atoms with van der Waals surface area (Å²) >= 11 is 0. The number of carbonyl (C=O) groups excluding carboxylic acids is 1. The molecule has 4 rings (SSSR count). The van der Waals surface area contributed by atoms with Crippen molar-refractivity contribution >= 4 is 11.6 Å². The summed E-state index contributed by atoms with van der Waals surface area (Å²) in [6.45, 7) is 2.18. The number of ether oxygens (including phenoxy) is 3. The van der Waals surface area contributed by atoms with Gasteiger partial charge in [0.25, 0.3) is 5.91 Å². The quantitative estimate of drug-likeness (QED) is 0.624. The van der Waals surface area contributed by atoms with Gasteiger partial charge in [-0.1, -0.05) is 6.07 Å². The molecule has 150 valence electrons. The highest BCUT2D eigenvalue weighted by atomic mass is 16.5. The van der Waals surface area contributed by atoms with E-state index in [1.54, 1.807) is 25.7 Å². The molecule has 0 fully saturated rings. The predicted octanol–water partition coefficient (Wildman–Crippen LogP) is 3.22. The van der Waals surface area contributed by atoms with Crippen LogP contribution in [0.3, 0.4) is 0 Å². The lowest BCUT2D eigenvalue weighted by Gasteiger charge is -2.17. The van der Waals surface area contributed by atoms with Gasteiger partial charge in [0.15, 0.2) is 0 Å². The molecule has 0 bridgehead atoms. The number of hydrogen-bond acceptors (Lipinski definition) is 5. The maximum absolute atomic E-state index is 12.9. The minimum atomic E-state index is -0.208. The molecule has 1 aliphatic rings. The van der Waals surface area contributed by atoms with Gasteiger partial charge in [0.1, 0.15) is 12.4 Å². The van der Waals surface area contributed by atoms with Crippen molar-refractivity contribution in [1.82, 2.24) is 9.55 Å². The molecule has 2 aromatic carbocycles. The van der Waals surface area contributed by atoms with E-state index in [2.05, 4.69) is 16.4 Å². The molecule has 0 saturated carbocycles. The van der Waals surface area contributed by atoms with E-state index in [4.69, 9.17) is 14.2 Å². The average molecular weight is 393 g/mol. The number of nitrogens with zero attached hydrogens (tertiary/aromatic N) is 2. The highest BCUT2D eigenvalue weighted by molar-refractivity contribution is 6.05. The van der Waals surface area contributed by atoms with Gasteiger partial charge in [-0.15, -0.1) is 0 Å². The van der Waals surface area contributed by atoms with E-state index in [0.29, 0.717) is 31.1 Å². The first-order valence-electron chi connectivity index (χ1n) is 9.49. The Morgan fingerprint density at radius 1 is 1.21 bits per heavy atom. The number of aromatic nitrogens is 2. The fourth-order valence-corrected chi connectivity index (χ4v) is 3.25. The van der Waals surface area contributed by atoms with Gasteiger partial charge in [0, 0.05) is 36.8 Å². The first-order chi connectivity index (χ1) is 14.2. The summed E-state index contributed by atoms with van der Waals surface area (Å²) in [5, 5.41) is 2.98. The first kappa shape index (κ1) is 19.2. The fourth-order valence-electron chi connectivity index (χ4n) is 3.25. The molecule has 0 radical (unpaired) electrons. The Labute approximate surface area is 169 Å². The largest absolute Gasteiger partial charge is 0.491 e. The lowest BCUT2D eigenvalue weighted by atomic mass is 10.0. The molecule has 0 unspecified atom stereocenters. The number of imidazole rings is 1. The molecule has 0 saturated heterocycles. The molecule has 1 aliphatic heterocycles. The lowest BCUT2D eigenvalue weighted by molar-refractivity contribution is 0.102. The number of nitrogens with one attached hydrogen (secondary N) is 1. The van der Waals surface area contributed by atoms with E-state index in [-0.39, 0.29) is 5.91 Å². The Kier molecular flexibility index (Phi) is 5.88. The summed E-state index contributed by atoms with van der Waals surface area (Å²) in [6, 6.07) is 11.4. The molecular weight excluding hydrogens is 370 g/mol. The van der Waals surface area contributed by atoms with Crippen LogP contribution in [0.2, 0.25) is 0 Å². The minimum Gasteiger partial charge on any atom is -0.491 e. The van der Waals surface area contributed by atoms with Crippen LogP contribution in [-0.4, -0.2) is 42.4 Å². The van der Waals surface area contributed by atoms with E-state index in [9.17, 15) is 4.79 Å². The van der Waals surface area contributed by atoms with E-state index in [1.165, 1.54) is 5.56 Å². The van der Waals surface area contributed by atoms with Gasteiger partial charge in [-0.05, 0) is 41.8 Å². The predicted molar refractivity (Wildman–Crippen MR) is 109 cm³/mol. The van der Waals surface area contributed by atoms with Crippen molar-refractivity contribution in [2.24, 2.45) is 0 Å². The minimum absolute atomic E-state index is 0.208. The lowest BCUT2D eigenvalue weighted by Crippen LogP contribution is -2.15. The SMILES string of the molecule is COCCOc1cc(C(=O)Nc2ccc3c(c2)COCC3)cc(-n2ccnc2)c1. The maximum atomic E-state index is 12.9. The van der Waals surface area contributed by atoms with Crippen molar-refractivity contribution in [3.05, 3.63) is 71.8 Å². The Hall–Kier alpha value is -3.16. The van der Waals surface area contributed by atoms with Crippen molar-refractivity contribution in [1.29, 1.82) is 0 Å². The Bertz CT molecular complexity index is 986. The summed E-state index contributed by atoms with van der Waals surface area (Å²) in [5.41, 5.74) is 4.42. The van der Waals surface area contributed by atoms with E-state index in [0.717, 1.165) is 30.0 Å². The smallest absolute Gasteiger partial charge is 0.255 e. The Morgan fingerprint density at radius 2 is 2.14 bits per heavy atom. The standard InChI is InChI=1S/C22H23N3O4/c1-27-8-9-29-21-12-17(11-20(13-21)25-6-5-23-15-25)22(26)24-19-3-2-16-4-7-28-14-18(16)10-19/h2-3,5-6,10-13,15H,4,7-9,14H2,1H3,(H,24,26). The van der Waals surface area contributed by atoms with Crippen LogP contribution in [0.15, 0.2) is 55.1 Å². The van der Waals surface area contributed by atoms with Gasteiger partial charge in [-0.25, -0.2) is 4.98 Å². The summed E-state index contributed by atoms with van der Waals surface area (Å²) in [5.74, 6) is 0.387.